The predicted molar refractivity (Wildman–Crippen MR) is 100 cm³/mol. The molecular formula is C19H23N3O6. The van der Waals surface area contributed by atoms with Crippen molar-refractivity contribution in [1.29, 1.82) is 0 Å². The lowest BCUT2D eigenvalue weighted by molar-refractivity contribution is -0.605. The number of nitrogens with zero attached hydrogens (tertiary/aromatic N) is 1. The van der Waals surface area contributed by atoms with Crippen molar-refractivity contribution in [3.8, 4) is 17.2 Å². The van der Waals surface area contributed by atoms with Crippen molar-refractivity contribution in [3.05, 3.63) is 53.0 Å². The van der Waals surface area contributed by atoms with Gasteiger partial charge < -0.3 is 19.4 Å². The minimum absolute atomic E-state index is 0.106. The van der Waals surface area contributed by atoms with Crippen molar-refractivity contribution in [3.63, 3.8) is 0 Å². The van der Waals surface area contributed by atoms with Crippen LogP contribution in [0.15, 0.2) is 36.7 Å². The fourth-order valence-electron chi connectivity index (χ4n) is 2.37. The van der Waals surface area contributed by atoms with Crippen LogP contribution in [0.5, 0.6) is 17.2 Å². The van der Waals surface area contributed by atoms with Crippen molar-refractivity contribution >= 4 is 11.8 Å². The highest BCUT2D eigenvalue weighted by Crippen LogP contribution is 2.39. The van der Waals surface area contributed by atoms with Crippen LogP contribution in [-0.4, -0.2) is 31.6 Å². The Labute approximate surface area is 162 Å². The molecule has 2 amide bonds. The topological polar surface area (TPSA) is 113 Å². The Kier molecular flexibility index (Phi) is 7.44. The molecule has 1 aromatic heterocycles. The molecule has 28 heavy (non-hydrogen) atoms. The number of amides is 2. The van der Waals surface area contributed by atoms with Gasteiger partial charge in [0, 0.05) is 11.6 Å². The van der Waals surface area contributed by atoms with E-state index in [9.17, 15) is 14.8 Å². The number of benzene rings is 1. The third-order valence-corrected chi connectivity index (χ3v) is 3.50. The van der Waals surface area contributed by atoms with Crippen molar-refractivity contribution in [2.45, 2.75) is 20.8 Å². The number of carbonyl (C=O) groups excluding carboxylic acids is 2. The second-order valence-electron chi connectivity index (χ2n) is 5.46. The summed E-state index contributed by atoms with van der Waals surface area (Å²) in [7, 11) is 0. The third-order valence-electron chi connectivity index (χ3n) is 3.50. The average Bonchev–Trinajstić information content (AvgIpc) is 2.68. The molecule has 0 fully saturated rings. The van der Waals surface area contributed by atoms with Gasteiger partial charge in [0.15, 0.2) is 23.9 Å². The summed E-state index contributed by atoms with van der Waals surface area (Å²) >= 11 is 0. The van der Waals surface area contributed by atoms with E-state index in [1.54, 1.807) is 0 Å². The number of rotatable bonds is 8. The predicted octanol–water partition coefficient (Wildman–Crippen LogP) is 1.59. The van der Waals surface area contributed by atoms with Crippen LogP contribution in [0.4, 0.5) is 0 Å². The minimum Gasteiger partial charge on any atom is -0.619 e. The summed E-state index contributed by atoms with van der Waals surface area (Å²) in [6, 6.07) is 5.89. The van der Waals surface area contributed by atoms with Gasteiger partial charge in [-0.3, -0.25) is 20.4 Å². The first kappa shape index (κ1) is 20.8. The molecule has 1 aromatic carbocycles. The molecule has 0 unspecified atom stereocenters. The van der Waals surface area contributed by atoms with E-state index in [1.165, 1.54) is 30.5 Å². The van der Waals surface area contributed by atoms with E-state index in [0.717, 1.165) is 6.20 Å². The zero-order valence-electron chi connectivity index (χ0n) is 16.0. The fraction of sp³-hybridized carbons (Fsp3) is 0.316. The van der Waals surface area contributed by atoms with Gasteiger partial charge >= 0.3 is 0 Å². The average molecular weight is 389 g/mol. The van der Waals surface area contributed by atoms with E-state index in [0.29, 0.717) is 41.8 Å². The first-order chi connectivity index (χ1) is 13.5. The van der Waals surface area contributed by atoms with Gasteiger partial charge in [-0.15, -0.1) is 0 Å². The summed E-state index contributed by atoms with van der Waals surface area (Å²) in [4.78, 5) is 24.5. The normalized spacial score (nSPS) is 10.1. The van der Waals surface area contributed by atoms with Crippen LogP contribution in [0.25, 0.3) is 0 Å². The summed E-state index contributed by atoms with van der Waals surface area (Å²) < 4.78 is 17.2. The fourth-order valence-corrected chi connectivity index (χ4v) is 2.37. The molecule has 0 aliphatic carbocycles. The first-order valence-electron chi connectivity index (χ1n) is 8.86. The molecule has 2 rings (SSSR count). The van der Waals surface area contributed by atoms with Crippen LogP contribution in [0.1, 0.15) is 41.5 Å². The number of nitrogens with one attached hydrogen (secondary N) is 2. The Morgan fingerprint density at radius 3 is 1.96 bits per heavy atom. The summed E-state index contributed by atoms with van der Waals surface area (Å²) in [6.45, 7) is 6.60. The molecule has 0 saturated carbocycles. The van der Waals surface area contributed by atoms with E-state index >= 15 is 0 Å². The van der Waals surface area contributed by atoms with Gasteiger partial charge in [0.05, 0.1) is 19.8 Å². The van der Waals surface area contributed by atoms with Gasteiger partial charge in [0.1, 0.15) is 5.56 Å². The summed E-state index contributed by atoms with van der Waals surface area (Å²) in [5.41, 5.74) is 4.89. The largest absolute Gasteiger partial charge is 0.619 e. The van der Waals surface area contributed by atoms with Crippen molar-refractivity contribution in [1.82, 2.24) is 10.9 Å². The number of hydrazine groups is 1. The van der Waals surface area contributed by atoms with E-state index in [4.69, 9.17) is 14.2 Å². The van der Waals surface area contributed by atoms with Crippen molar-refractivity contribution < 1.29 is 28.5 Å². The second-order valence-corrected chi connectivity index (χ2v) is 5.46. The molecule has 2 aromatic rings. The maximum Gasteiger partial charge on any atom is 0.275 e. The smallest absolute Gasteiger partial charge is 0.275 e. The van der Waals surface area contributed by atoms with Crippen molar-refractivity contribution in [2.75, 3.05) is 19.8 Å². The number of carbonyl (C=O) groups is 2. The molecule has 0 aliphatic rings. The Morgan fingerprint density at radius 2 is 1.46 bits per heavy atom. The van der Waals surface area contributed by atoms with E-state index in [2.05, 4.69) is 10.9 Å². The van der Waals surface area contributed by atoms with E-state index < -0.39 is 11.8 Å². The van der Waals surface area contributed by atoms with Crippen LogP contribution >= 0.6 is 0 Å². The van der Waals surface area contributed by atoms with Crippen LogP contribution in [-0.2, 0) is 0 Å². The molecule has 2 N–H and O–H groups in total. The molecule has 0 saturated heterocycles. The number of ether oxygens (including phenoxy) is 3. The molecule has 9 nitrogen and oxygen atoms in total. The number of aromatic nitrogens is 1. The monoisotopic (exact) mass is 389 g/mol. The first-order valence-corrected chi connectivity index (χ1v) is 8.86. The highest BCUT2D eigenvalue weighted by Gasteiger charge is 2.19. The van der Waals surface area contributed by atoms with Crippen LogP contribution < -0.4 is 29.8 Å². The zero-order chi connectivity index (χ0) is 20.5. The second kappa shape index (κ2) is 10.0. The van der Waals surface area contributed by atoms with Gasteiger partial charge in [-0.25, -0.2) is 0 Å². The molecule has 0 atom stereocenters. The lowest BCUT2D eigenvalue weighted by Gasteiger charge is -2.17. The van der Waals surface area contributed by atoms with Crippen LogP contribution in [0, 0.1) is 5.21 Å². The molecule has 150 valence electrons. The Morgan fingerprint density at radius 1 is 0.929 bits per heavy atom. The number of hydrogen-bond acceptors (Lipinski definition) is 6. The Balaban J connectivity index is 2.20. The van der Waals surface area contributed by atoms with Crippen LogP contribution in [0.2, 0.25) is 0 Å². The molecular weight excluding hydrogens is 366 g/mol. The molecule has 0 bridgehead atoms. The van der Waals surface area contributed by atoms with Gasteiger partial charge in [-0.05, 0) is 39.0 Å². The molecule has 0 aliphatic heterocycles. The molecule has 9 heteroatoms. The number of hydrogen-bond donors (Lipinski definition) is 2. The zero-order valence-corrected chi connectivity index (χ0v) is 16.0. The van der Waals surface area contributed by atoms with Gasteiger partial charge in [-0.2, -0.15) is 4.73 Å². The molecule has 1 heterocycles. The van der Waals surface area contributed by atoms with E-state index in [-0.39, 0.29) is 11.1 Å². The van der Waals surface area contributed by atoms with E-state index in [1.807, 2.05) is 20.8 Å². The standard InChI is InChI=1S/C19H23N3O6/c1-4-26-15-10-14(11-16(27-5-2)17(15)28-6-3)19(24)21-20-18(23)13-8-7-9-22(25)12-13/h7-12H,4-6H2,1-3H3,(H,20,23)(H,21,24). The third kappa shape index (κ3) is 5.26. The number of pyridine rings is 1. The van der Waals surface area contributed by atoms with Gasteiger partial charge in [0.2, 0.25) is 5.75 Å². The van der Waals surface area contributed by atoms with Crippen LogP contribution in [0.3, 0.4) is 0 Å². The van der Waals surface area contributed by atoms with Gasteiger partial charge in [0.25, 0.3) is 11.8 Å². The molecule has 0 spiro atoms. The lowest BCUT2D eigenvalue weighted by atomic mass is 10.1. The highest BCUT2D eigenvalue weighted by atomic mass is 16.5. The summed E-state index contributed by atoms with van der Waals surface area (Å²) in [5.74, 6) is -0.0654. The Bertz CT molecular complexity index is 813. The quantitative estimate of drug-likeness (QED) is 0.403. The SMILES string of the molecule is CCOc1cc(C(=O)NNC(=O)c2ccc[n+]([O-])c2)cc(OCC)c1OCC. The van der Waals surface area contributed by atoms with Gasteiger partial charge in [-0.1, -0.05) is 0 Å². The Hall–Kier alpha value is -3.49. The molecule has 0 radical (unpaired) electrons. The lowest BCUT2D eigenvalue weighted by Crippen LogP contribution is -2.42. The van der Waals surface area contributed by atoms with Crippen molar-refractivity contribution in [2.24, 2.45) is 0 Å². The summed E-state index contributed by atoms with van der Waals surface area (Å²) in [5, 5.41) is 11.2. The summed E-state index contributed by atoms with van der Waals surface area (Å²) in [6.07, 6.45) is 2.35. The highest BCUT2D eigenvalue weighted by molar-refractivity contribution is 5.99. The minimum atomic E-state index is -0.625. The maximum atomic E-state index is 12.5. The maximum absolute atomic E-state index is 12.5.